The van der Waals surface area contributed by atoms with E-state index in [2.05, 4.69) is 19.9 Å². The van der Waals surface area contributed by atoms with Gasteiger partial charge in [-0.3, -0.25) is 0 Å². The second-order valence-corrected chi connectivity index (χ2v) is 8.84. The van der Waals surface area contributed by atoms with Crippen LogP contribution in [0.15, 0.2) is 11.6 Å². The van der Waals surface area contributed by atoms with E-state index in [1.54, 1.807) is 0 Å². The van der Waals surface area contributed by atoms with Crippen molar-refractivity contribution < 1.29 is 14.6 Å². The molecule has 2 N–H and O–H groups in total. The molecule has 4 aliphatic rings. The van der Waals surface area contributed by atoms with Crippen LogP contribution in [0.4, 0.5) is 4.39 Å². The van der Waals surface area contributed by atoms with Gasteiger partial charge in [-0.05, 0) is 79.1 Å². The van der Waals surface area contributed by atoms with Crippen LogP contribution in [0.5, 0.6) is 0 Å². The molecule has 3 saturated carbocycles. The number of allylic oxidation sites excluding steroid dienone is 1. The summed E-state index contributed by atoms with van der Waals surface area (Å²) < 4.78 is 14.2. The molecule has 0 amide bonds. The summed E-state index contributed by atoms with van der Waals surface area (Å²) in [6.07, 6.45) is 6.73. The van der Waals surface area contributed by atoms with Crippen molar-refractivity contribution in [2.45, 2.75) is 77.2 Å². The van der Waals surface area contributed by atoms with E-state index < -0.39 is 12.3 Å². The van der Waals surface area contributed by atoms with E-state index in [0.29, 0.717) is 18.3 Å². The van der Waals surface area contributed by atoms with Crippen LogP contribution in [0, 0.1) is 28.6 Å². The zero-order chi connectivity index (χ0) is 15.7. The van der Waals surface area contributed by atoms with E-state index in [1.165, 1.54) is 12.0 Å². The monoisotopic (exact) mass is 308 g/mol. The first-order valence-electron chi connectivity index (χ1n) is 9.08. The molecule has 3 heteroatoms. The largest absolute Gasteiger partial charge is 0.390 e. The Labute approximate surface area is 132 Å². The summed E-state index contributed by atoms with van der Waals surface area (Å²) in [5, 5.41) is 21.1. The Kier molecular flexibility index (Phi) is 3.30. The number of fused-ring (bicyclic) bond motifs is 5. The molecule has 0 aromatic heterocycles. The van der Waals surface area contributed by atoms with Gasteiger partial charge in [-0.2, -0.15) is 0 Å². The van der Waals surface area contributed by atoms with Gasteiger partial charge in [0.1, 0.15) is 6.17 Å². The lowest BCUT2D eigenvalue weighted by Crippen LogP contribution is -2.54. The minimum Gasteiger partial charge on any atom is -0.390 e. The Morgan fingerprint density at radius 2 is 1.91 bits per heavy atom. The fourth-order valence-corrected chi connectivity index (χ4v) is 6.76. The Morgan fingerprint density at radius 3 is 2.68 bits per heavy atom. The molecule has 0 spiro atoms. The Morgan fingerprint density at radius 1 is 1.14 bits per heavy atom. The van der Waals surface area contributed by atoms with Gasteiger partial charge in [0.25, 0.3) is 0 Å². The smallest absolute Gasteiger partial charge is 0.127 e. The summed E-state index contributed by atoms with van der Waals surface area (Å²) in [7, 11) is 0. The lowest BCUT2D eigenvalue weighted by Gasteiger charge is -2.58. The van der Waals surface area contributed by atoms with Crippen molar-refractivity contribution in [2.24, 2.45) is 28.6 Å². The molecule has 0 aromatic rings. The Hall–Kier alpha value is -0.410. The van der Waals surface area contributed by atoms with Crippen LogP contribution in [-0.4, -0.2) is 28.6 Å². The fourth-order valence-electron chi connectivity index (χ4n) is 6.76. The minimum atomic E-state index is -1.08. The summed E-state index contributed by atoms with van der Waals surface area (Å²) >= 11 is 0. The molecule has 2 nitrogen and oxygen atoms in total. The third-order valence-electron chi connectivity index (χ3n) is 7.97. The van der Waals surface area contributed by atoms with Gasteiger partial charge in [0, 0.05) is 0 Å². The second kappa shape index (κ2) is 4.80. The van der Waals surface area contributed by atoms with Crippen molar-refractivity contribution in [3.63, 3.8) is 0 Å². The molecule has 0 aliphatic heterocycles. The average molecular weight is 308 g/mol. The maximum absolute atomic E-state index is 14.2. The lowest BCUT2D eigenvalue weighted by atomic mass is 9.47. The molecule has 0 aromatic carbocycles. The van der Waals surface area contributed by atoms with Gasteiger partial charge in [-0.25, -0.2) is 4.39 Å². The third kappa shape index (κ3) is 1.78. The first-order valence-corrected chi connectivity index (χ1v) is 9.08. The second-order valence-electron chi connectivity index (χ2n) is 8.84. The molecule has 3 fully saturated rings. The van der Waals surface area contributed by atoms with E-state index >= 15 is 0 Å². The highest BCUT2D eigenvalue weighted by atomic mass is 19.1. The summed E-state index contributed by atoms with van der Waals surface area (Å²) in [6, 6.07) is 0. The summed E-state index contributed by atoms with van der Waals surface area (Å²) in [6.45, 7) is 4.41. The molecular formula is C19H29FO2. The summed E-state index contributed by atoms with van der Waals surface area (Å²) in [4.78, 5) is 0. The number of hydrogen-bond acceptors (Lipinski definition) is 2. The first kappa shape index (κ1) is 15.1. The van der Waals surface area contributed by atoms with E-state index in [0.717, 1.165) is 32.1 Å². The van der Waals surface area contributed by atoms with E-state index in [4.69, 9.17) is 0 Å². The van der Waals surface area contributed by atoms with E-state index in [1.807, 2.05) is 0 Å². The van der Waals surface area contributed by atoms with Crippen molar-refractivity contribution in [3.8, 4) is 0 Å². The van der Waals surface area contributed by atoms with Crippen LogP contribution >= 0.6 is 0 Å². The van der Waals surface area contributed by atoms with Crippen molar-refractivity contribution in [2.75, 3.05) is 0 Å². The maximum Gasteiger partial charge on any atom is 0.127 e. The van der Waals surface area contributed by atoms with Crippen molar-refractivity contribution >= 4 is 0 Å². The standard InChI is InChI=1S/C19H29FO2/c1-18-7-4-3-5-13(18)16(21)9-11-12(18)6-8-19(2)14(11)10-15(20)17(19)22/h5,11-12,14-17,21-22H,3-4,6-10H2,1-2H3/t11-,12+,14+,15-,16-,17+,18-,19+/m1/s1. The van der Waals surface area contributed by atoms with Crippen molar-refractivity contribution in [3.05, 3.63) is 11.6 Å². The molecule has 0 heterocycles. The molecule has 4 rings (SSSR count). The number of alkyl halides is 1. The summed E-state index contributed by atoms with van der Waals surface area (Å²) in [5.41, 5.74) is 1.08. The topological polar surface area (TPSA) is 40.5 Å². The van der Waals surface area contributed by atoms with E-state index in [9.17, 15) is 14.6 Å². The van der Waals surface area contributed by atoms with Gasteiger partial charge in [-0.1, -0.05) is 19.9 Å². The molecule has 4 aliphatic carbocycles. The molecule has 22 heavy (non-hydrogen) atoms. The van der Waals surface area contributed by atoms with Gasteiger partial charge in [0.15, 0.2) is 0 Å². The molecule has 0 radical (unpaired) electrons. The predicted molar refractivity (Wildman–Crippen MR) is 84.0 cm³/mol. The minimum absolute atomic E-state index is 0.0985. The number of hydrogen-bond donors (Lipinski definition) is 2. The highest BCUT2D eigenvalue weighted by molar-refractivity contribution is 5.27. The Bertz CT molecular complexity index is 504. The van der Waals surface area contributed by atoms with Crippen LogP contribution in [0.3, 0.4) is 0 Å². The number of halogens is 1. The van der Waals surface area contributed by atoms with Crippen LogP contribution in [-0.2, 0) is 0 Å². The predicted octanol–water partition coefficient (Wildman–Crippen LogP) is 3.62. The number of aliphatic hydroxyl groups is 2. The van der Waals surface area contributed by atoms with E-state index in [-0.39, 0.29) is 22.9 Å². The van der Waals surface area contributed by atoms with Gasteiger partial charge in [-0.15, -0.1) is 0 Å². The van der Waals surface area contributed by atoms with Crippen LogP contribution in [0.1, 0.15) is 58.8 Å². The zero-order valence-corrected chi connectivity index (χ0v) is 13.8. The SMILES string of the molecule is C[C@]12CC[C@H]3[C@@H](C[C@@H](O)C4=CCCC[C@@]43C)[C@@H]1C[C@@H](F)[C@@H]2O. The maximum atomic E-state index is 14.2. The molecule has 8 atom stereocenters. The van der Waals surface area contributed by atoms with Crippen molar-refractivity contribution in [1.82, 2.24) is 0 Å². The van der Waals surface area contributed by atoms with Gasteiger partial charge in [0.05, 0.1) is 12.2 Å². The molecule has 0 unspecified atom stereocenters. The fraction of sp³-hybridized carbons (Fsp3) is 0.895. The molecule has 0 bridgehead atoms. The average Bonchev–Trinajstić information content (AvgIpc) is 2.71. The van der Waals surface area contributed by atoms with Gasteiger partial charge in [0.2, 0.25) is 0 Å². The normalized spacial score (nSPS) is 57.6. The highest BCUT2D eigenvalue weighted by Gasteiger charge is 2.62. The third-order valence-corrected chi connectivity index (χ3v) is 7.97. The quantitative estimate of drug-likeness (QED) is 0.671. The van der Waals surface area contributed by atoms with Crippen LogP contribution in [0.25, 0.3) is 0 Å². The highest BCUT2D eigenvalue weighted by Crippen LogP contribution is 2.65. The molecule has 124 valence electrons. The van der Waals surface area contributed by atoms with Gasteiger partial charge >= 0.3 is 0 Å². The first-order chi connectivity index (χ1) is 10.4. The molecule has 0 saturated heterocycles. The summed E-state index contributed by atoms with van der Waals surface area (Å²) in [5.74, 6) is 1.15. The molecular weight excluding hydrogens is 279 g/mol. The Balaban J connectivity index is 1.72. The number of rotatable bonds is 0. The van der Waals surface area contributed by atoms with Crippen molar-refractivity contribution in [1.29, 1.82) is 0 Å². The van der Waals surface area contributed by atoms with Crippen LogP contribution in [0.2, 0.25) is 0 Å². The van der Waals surface area contributed by atoms with Crippen LogP contribution < -0.4 is 0 Å². The zero-order valence-electron chi connectivity index (χ0n) is 13.8. The van der Waals surface area contributed by atoms with Gasteiger partial charge < -0.3 is 10.2 Å². The lowest BCUT2D eigenvalue weighted by molar-refractivity contribution is -0.0967. The number of aliphatic hydroxyl groups excluding tert-OH is 2.